The highest BCUT2D eigenvalue weighted by atomic mass is 35.5. The molecular formula is C10H11ClO4S. The van der Waals surface area contributed by atoms with E-state index in [2.05, 4.69) is 0 Å². The van der Waals surface area contributed by atoms with Crippen molar-refractivity contribution in [3.8, 4) is 0 Å². The van der Waals surface area contributed by atoms with Crippen molar-refractivity contribution in [3.63, 3.8) is 0 Å². The van der Waals surface area contributed by atoms with Crippen LogP contribution >= 0.6 is 11.6 Å². The third-order valence-electron chi connectivity index (χ3n) is 2.02. The Kier molecular flexibility index (Phi) is 3.93. The number of sulfone groups is 1. The van der Waals surface area contributed by atoms with Crippen molar-refractivity contribution in [3.05, 3.63) is 28.8 Å². The molecule has 0 aliphatic carbocycles. The lowest BCUT2D eigenvalue weighted by atomic mass is 10.1. The van der Waals surface area contributed by atoms with Crippen LogP contribution < -0.4 is 0 Å². The summed E-state index contributed by atoms with van der Waals surface area (Å²) in [5.74, 6) is -0.900. The summed E-state index contributed by atoms with van der Waals surface area (Å²) in [7, 11) is -3.33. The summed E-state index contributed by atoms with van der Waals surface area (Å²) in [5, 5.41) is 8.63. The molecule has 0 radical (unpaired) electrons. The Labute approximate surface area is 98.8 Å². The van der Waals surface area contributed by atoms with E-state index >= 15 is 0 Å². The molecule has 88 valence electrons. The molecule has 0 aliphatic heterocycles. The van der Waals surface area contributed by atoms with E-state index in [0.717, 1.165) is 6.26 Å². The second-order valence-electron chi connectivity index (χ2n) is 3.43. The lowest BCUT2D eigenvalue weighted by Gasteiger charge is -2.04. The zero-order chi connectivity index (χ0) is 12.3. The third kappa shape index (κ3) is 3.50. The predicted molar refractivity (Wildman–Crippen MR) is 60.5 cm³/mol. The Morgan fingerprint density at radius 3 is 2.50 bits per heavy atom. The SMILES string of the molecule is CS(=O)(=O)c1ccc(CCC(=O)O)cc1Cl. The van der Waals surface area contributed by atoms with Gasteiger partial charge in [-0.25, -0.2) is 8.42 Å². The van der Waals surface area contributed by atoms with Crippen LogP contribution in [0.15, 0.2) is 23.1 Å². The number of aryl methyl sites for hydroxylation is 1. The molecule has 0 amide bonds. The van der Waals surface area contributed by atoms with Gasteiger partial charge in [-0.2, -0.15) is 0 Å². The molecule has 0 bridgehead atoms. The molecule has 4 nitrogen and oxygen atoms in total. The Morgan fingerprint density at radius 2 is 2.06 bits per heavy atom. The van der Waals surface area contributed by atoms with Gasteiger partial charge in [0.1, 0.15) is 0 Å². The molecule has 0 saturated carbocycles. The molecule has 1 aromatic carbocycles. The Balaban J connectivity index is 2.96. The molecule has 1 aromatic rings. The molecule has 16 heavy (non-hydrogen) atoms. The standard InChI is InChI=1S/C10H11ClO4S/c1-16(14,15)9-4-2-7(6-8(9)11)3-5-10(12)13/h2,4,6H,3,5H2,1H3,(H,12,13). The summed E-state index contributed by atoms with van der Waals surface area (Å²) in [6.07, 6.45) is 1.40. The second-order valence-corrected chi connectivity index (χ2v) is 5.82. The van der Waals surface area contributed by atoms with Crippen molar-refractivity contribution in [2.24, 2.45) is 0 Å². The molecule has 0 spiro atoms. The molecule has 0 atom stereocenters. The zero-order valence-electron chi connectivity index (χ0n) is 8.60. The van der Waals surface area contributed by atoms with Gasteiger partial charge in [-0.3, -0.25) is 4.79 Å². The van der Waals surface area contributed by atoms with Crippen molar-refractivity contribution >= 4 is 27.4 Å². The normalized spacial score (nSPS) is 11.4. The lowest BCUT2D eigenvalue weighted by Crippen LogP contribution is -2.00. The fourth-order valence-corrected chi connectivity index (χ4v) is 2.60. The number of rotatable bonds is 4. The van der Waals surface area contributed by atoms with Gasteiger partial charge in [-0.05, 0) is 24.1 Å². The fraction of sp³-hybridized carbons (Fsp3) is 0.300. The number of benzene rings is 1. The molecular weight excluding hydrogens is 252 g/mol. The minimum absolute atomic E-state index is 0.00541. The van der Waals surface area contributed by atoms with Crippen LogP contribution in [-0.2, 0) is 21.1 Å². The van der Waals surface area contributed by atoms with Gasteiger partial charge in [0.15, 0.2) is 9.84 Å². The average molecular weight is 263 g/mol. The zero-order valence-corrected chi connectivity index (χ0v) is 10.2. The minimum Gasteiger partial charge on any atom is -0.481 e. The second kappa shape index (κ2) is 4.84. The van der Waals surface area contributed by atoms with Crippen LogP contribution in [0.25, 0.3) is 0 Å². The Morgan fingerprint density at radius 1 is 1.44 bits per heavy atom. The van der Waals surface area contributed by atoms with Gasteiger partial charge in [0.2, 0.25) is 0 Å². The van der Waals surface area contributed by atoms with Crippen LogP contribution in [0.1, 0.15) is 12.0 Å². The van der Waals surface area contributed by atoms with Gasteiger partial charge in [0, 0.05) is 12.7 Å². The van der Waals surface area contributed by atoms with Crippen LogP contribution in [0.2, 0.25) is 5.02 Å². The van der Waals surface area contributed by atoms with Gasteiger partial charge in [-0.15, -0.1) is 0 Å². The molecule has 1 rings (SSSR count). The van der Waals surface area contributed by atoms with E-state index in [1.807, 2.05) is 0 Å². The molecule has 0 unspecified atom stereocenters. The number of hydrogen-bond donors (Lipinski definition) is 1. The third-order valence-corrected chi connectivity index (χ3v) is 3.60. The molecule has 0 aliphatic rings. The molecule has 0 fully saturated rings. The summed E-state index contributed by atoms with van der Waals surface area (Å²) in [6, 6.07) is 4.46. The van der Waals surface area contributed by atoms with E-state index in [1.165, 1.54) is 12.1 Å². The van der Waals surface area contributed by atoms with Crippen LogP contribution in [0.5, 0.6) is 0 Å². The van der Waals surface area contributed by atoms with Crippen molar-refractivity contribution < 1.29 is 18.3 Å². The van der Waals surface area contributed by atoms with Crippen LogP contribution in [-0.4, -0.2) is 25.7 Å². The van der Waals surface area contributed by atoms with Crippen molar-refractivity contribution in [1.82, 2.24) is 0 Å². The summed E-state index contributed by atoms with van der Waals surface area (Å²) in [6.45, 7) is 0. The lowest BCUT2D eigenvalue weighted by molar-refractivity contribution is -0.136. The maximum absolute atomic E-state index is 11.3. The molecule has 0 saturated heterocycles. The van der Waals surface area contributed by atoms with Gasteiger partial charge < -0.3 is 5.11 Å². The summed E-state index contributed by atoms with van der Waals surface area (Å²) >= 11 is 5.80. The maximum Gasteiger partial charge on any atom is 0.303 e. The maximum atomic E-state index is 11.3. The van der Waals surface area contributed by atoms with Crippen LogP contribution in [0.4, 0.5) is 0 Å². The first-order valence-electron chi connectivity index (χ1n) is 4.51. The number of carboxylic acids is 1. The highest BCUT2D eigenvalue weighted by Crippen LogP contribution is 2.23. The van der Waals surface area contributed by atoms with E-state index in [9.17, 15) is 13.2 Å². The molecule has 0 heterocycles. The number of carbonyl (C=O) groups is 1. The van der Waals surface area contributed by atoms with Crippen LogP contribution in [0.3, 0.4) is 0 Å². The van der Waals surface area contributed by atoms with Gasteiger partial charge in [0.25, 0.3) is 0 Å². The topological polar surface area (TPSA) is 71.4 Å². The van der Waals surface area contributed by atoms with E-state index in [4.69, 9.17) is 16.7 Å². The summed E-state index contributed by atoms with van der Waals surface area (Å²) < 4.78 is 22.5. The summed E-state index contributed by atoms with van der Waals surface area (Å²) in [4.78, 5) is 10.4. The van der Waals surface area contributed by atoms with E-state index < -0.39 is 15.8 Å². The fourth-order valence-electron chi connectivity index (χ4n) is 1.25. The van der Waals surface area contributed by atoms with Gasteiger partial charge in [0.05, 0.1) is 9.92 Å². The number of aliphatic carboxylic acids is 1. The first kappa shape index (κ1) is 13.0. The number of halogens is 1. The molecule has 1 N–H and O–H groups in total. The van der Waals surface area contributed by atoms with Gasteiger partial charge in [-0.1, -0.05) is 17.7 Å². The number of hydrogen-bond acceptors (Lipinski definition) is 3. The molecule has 6 heteroatoms. The largest absolute Gasteiger partial charge is 0.481 e. The Hall–Kier alpha value is -1.07. The smallest absolute Gasteiger partial charge is 0.303 e. The average Bonchev–Trinajstić information content (AvgIpc) is 2.12. The first-order chi connectivity index (χ1) is 7.30. The predicted octanol–water partition coefficient (Wildman–Crippen LogP) is 1.76. The first-order valence-corrected chi connectivity index (χ1v) is 6.78. The number of carboxylic acid groups (broad SMARTS) is 1. The van der Waals surface area contributed by atoms with Crippen LogP contribution in [0, 0.1) is 0 Å². The highest BCUT2D eigenvalue weighted by Gasteiger charge is 2.12. The summed E-state index contributed by atoms with van der Waals surface area (Å²) in [5.41, 5.74) is 0.708. The minimum atomic E-state index is -3.33. The van der Waals surface area contributed by atoms with E-state index in [1.54, 1.807) is 6.07 Å². The van der Waals surface area contributed by atoms with E-state index in [-0.39, 0.29) is 16.3 Å². The van der Waals surface area contributed by atoms with E-state index in [0.29, 0.717) is 12.0 Å². The van der Waals surface area contributed by atoms with Crippen molar-refractivity contribution in [1.29, 1.82) is 0 Å². The quantitative estimate of drug-likeness (QED) is 0.898. The molecule has 0 aromatic heterocycles. The highest BCUT2D eigenvalue weighted by molar-refractivity contribution is 7.90. The van der Waals surface area contributed by atoms with Gasteiger partial charge >= 0.3 is 5.97 Å². The Bertz CT molecular complexity index is 508. The van der Waals surface area contributed by atoms with Crippen molar-refractivity contribution in [2.45, 2.75) is 17.7 Å². The van der Waals surface area contributed by atoms with Crippen molar-refractivity contribution in [2.75, 3.05) is 6.26 Å². The monoisotopic (exact) mass is 262 g/mol.